The van der Waals surface area contributed by atoms with Crippen LogP contribution in [-0.4, -0.2) is 39.2 Å². The van der Waals surface area contributed by atoms with Crippen LogP contribution >= 0.6 is 7.52 Å². The van der Waals surface area contributed by atoms with Crippen LogP contribution in [0.25, 0.3) is 10.8 Å². The number of aliphatic carboxylic acids is 2. The average Bonchev–Trinajstić information content (AvgIpc) is 2.62. The van der Waals surface area contributed by atoms with Gasteiger partial charge in [0.05, 0.1) is 0 Å². The van der Waals surface area contributed by atoms with Gasteiger partial charge in [-0.05, 0) is 42.0 Å². The van der Waals surface area contributed by atoms with Crippen molar-refractivity contribution in [2.24, 2.45) is 0 Å². The fourth-order valence-corrected chi connectivity index (χ4v) is 4.38. The molecule has 0 amide bonds. The molecule has 0 heterocycles. The van der Waals surface area contributed by atoms with Crippen LogP contribution in [0.2, 0.25) is 0 Å². The van der Waals surface area contributed by atoms with Gasteiger partial charge in [0.2, 0.25) is 0 Å². The highest BCUT2D eigenvalue weighted by Gasteiger charge is 2.27. The lowest BCUT2D eigenvalue weighted by Crippen LogP contribution is -2.35. The minimum Gasteiger partial charge on any atom is -0.481 e. The lowest BCUT2D eigenvalue weighted by Gasteiger charge is -2.18. The zero-order valence-electron chi connectivity index (χ0n) is 14.9. The van der Waals surface area contributed by atoms with E-state index < -0.39 is 25.5 Å². The standard InChI is InChI=1S/C19H24NO6P/c21-18(22)11-10-17(19(23)24)20-27(25,26)12-4-3-5-14-8-9-15-6-1-2-7-16(15)13-14/h1-2,6-9,13,17H,3-5,10-12H2,(H,21,22)(H,23,24)(H2,20,25,26). The minimum atomic E-state index is -3.85. The maximum Gasteiger partial charge on any atom is 0.321 e. The predicted octanol–water partition coefficient (Wildman–Crippen LogP) is 3.26. The average molecular weight is 393 g/mol. The van der Waals surface area contributed by atoms with E-state index in [1.165, 1.54) is 0 Å². The molecule has 0 saturated carbocycles. The van der Waals surface area contributed by atoms with Gasteiger partial charge in [-0.25, -0.2) is 5.09 Å². The summed E-state index contributed by atoms with van der Waals surface area (Å²) in [5.74, 6) is -2.48. The molecule has 2 aromatic rings. The first-order chi connectivity index (χ1) is 12.8. The van der Waals surface area contributed by atoms with Crippen LogP contribution < -0.4 is 5.09 Å². The van der Waals surface area contributed by atoms with E-state index in [1.54, 1.807) is 0 Å². The van der Waals surface area contributed by atoms with Crippen molar-refractivity contribution >= 4 is 30.2 Å². The summed E-state index contributed by atoms with van der Waals surface area (Å²) in [4.78, 5) is 31.7. The lowest BCUT2D eigenvalue weighted by atomic mass is 10.0. The van der Waals surface area contributed by atoms with Crippen molar-refractivity contribution in [1.29, 1.82) is 0 Å². The van der Waals surface area contributed by atoms with Gasteiger partial charge in [0.25, 0.3) is 7.52 Å². The first-order valence-corrected chi connectivity index (χ1v) is 10.6. The molecule has 2 rings (SSSR count). The van der Waals surface area contributed by atoms with Crippen molar-refractivity contribution in [2.75, 3.05) is 6.16 Å². The molecule has 0 aliphatic heterocycles. The van der Waals surface area contributed by atoms with E-state index in [0.29, 0.717) is 12.8 Å². The van der Waals surface area contributed by atoms with Crippen molar-refractivity contribution in [3.05, 3.63) is 48.0 Å². The van der Waals surface area contributed by atoms with Crippen molar-refractivity contribution in [3.63, 3.8) is 0 Å². The Morgan fingerprint density at radius 1 is 1.04 bits per heavy atom. The Hall–Kier alpha value is -2.21. The molecule has 2 aromatic carbocycles. The number of rotatable bonds is 11. The molecular weight excluding hydrogens is 369 g/mol. The van der Waals surface area contributed by atoms with E-state index in [-0.39, 0.29) is 19.0 Å². The Bertz CT molecular complexity index is 853. The largest absolute Gasteiger partial charge is 0.481 e. The Balaban J connectivity index is 1.82. The summed E-state index contributed by atoms with van der Waals surface area (Å²) in [6, 6.07) is 12.9. The molecule has 2 unspecified atom stereocenters. The van der Waals surface area contributed by atoms with Gasteiger partial charge < -0.3 is 15.1 Å². The molecule has 146 valence electrons. The SMILES string of the molecule is O=C(O)CCC(NP(=O)(O)CCCCc1ccc2ccccc2c1)C(=O)O. The van der Waals surface area contributed by atoms with Gasteiger partial charge in [0.1, 0.15) is 6.04 Å². The summed E-state index contributed by atoms with van der Waals surface area (Å²) in [5, 5.41) is 22.2. The van der Waals surface area contributed by atoms with Crippen molar-refractivity contribution in [3.8, 4) is 0 Å². The Labute approximate surface area is 157 Å². The normalized spacial score (nSPS) is 14.6. The molecule has 2 atom stereocenters. The smallest absolute Gasteiger partial charge is 0.321 e. The highest BCUT2D eigenvalue weighted by Crippen LogP contribution is 2.37. The Morgan fingerprint density at radius 2 is 1.74 bits per heavy atom. The first-order valence-electron chi connectivity index (χ1n) is 8.79. The number of unbranched alkanes of at least 4 members (excludes halogenated alkanes) is 1. The van der Waals surface area contributed by atoms with Crippen molar-refractivity contribution in [2.45, 2.75) is 38.1 Å². The predicted molar refractivity (Wildman–Crippen MR) is 103 cm³/mol. The number of carbonyl (C=O) groups is 2. The quantitative estimate of drug-likeness (QED) is 0.341. The van der Waals surface area contributed by atoms with Crippen LogP contribution in [-0.2, 0) is 20.6 Å². The first kappa shape index (κ1) is 21.1. The van der Waals surface area contributed by atoms with Crippen LogP contribution in [0.4, 0.5) is 0 Å². The van der Waals surface area contributed by atoms with Gasteiger partial charge in [-0.3, -0.25) is 14.2 Å². The molecule has 0 aliphatic carbocycles. The zero-order valence-corrected chi connectivity index (χ0v) is 15.8. The number of hydrogen-bond donors (Lipinski definition) is 4. The minimum absolute atomic E-state index is 0.0581. The third kappa shape index (κ3) is 7.13. The summed E-state index contributed by atoms with van der Waals surface area (Å²) >= 11 is 0. The Morgan fingerprint density at radius 3 is 2.41 bits per heavy atom. The topological polar surface area (TPSA) is 124 Å². The van der Waals surface area contributed by atoms with E-state index in [4.69, 9.17) is 10.2 Å². The van der Waals surface area contributed by atoms with Crippen LogP contribution in [0.1, 0.15) is 31.2 Å². The lowest BCUT2D eigenvalue weighted by molar-refractivity contribution is -0.140. The summed E-state index contributed by atoms with van der Waals surface area (Å²) in [6.07, 6.45) is 1.22. The summed E-state index contributed by atoms with van der Waals surface area (Å²) in [5.41, 5.74) is 1.14. The maximum atomic E-state index is 12.2. The van der Waals surface area contributed by atoms with Gasteiger partial charge >= 0.3 is 11.9 Å². The number of aryl methyl sites for hydroxylation is 1. The molecule has 4 N–H and O–H groups in total. The van der Waals surface area contributed by atoms with Crippen molar-refractivity contribution < 1.29 is 29.3 Å². The number of benzene rings is 2. The molecule has 0 saturated heterocycles. The fourth-order valence-electron chi connectivity index (χ4n) is 2.87. The number of hydrogen-bond acceptors (Lipinski definition) is 3. The van der Waals surface area contributed by atoms with Crippen LogP contribution in [0.5, 0.6) is 0 Å². The molecule has 0 radical (unpaired) electrons. The maximum absolute atomic E-state index is 12.2. The molecular formula is C19H24NO6P. The van der Waals surface area contributed by atoms with Crippen LogP contribution in [0, 0.1) is 0 Å². The highest BCUT2D eigenvalue weighted by molar-refractivity contribution is 7.55. The summed E-state index contributed by atoms with van der Waals surface area (Å²) in [6.45, 7) is 0. The number of fused-ring (bicyclic) bond motifs is 1. The Kier molecular flexibility index (Phi) is 7.54. The second kappa shape index (κ2) is 9.65. The van der Waals surface area contributed by atoms with Gasteiger partial charge in [-0.1, -0.05) is 42.5 Å². The molecule has 8 heteroatoms. The van der Waals surface area contributed by atoms with Crippen molar-refractivity contribution in [1.82, 2.24) is 5.09 Å². The second-order valence-corrected chi connectivity index (χ2v) is 8.62. The summed E-state index contributed by atoms with van der Waals surface area (Å²) < 4.78 is 12.2. The molecule has 0 aliphatic rings. The van der Waals surface area contributed by atoms with E-state index in [2.05, 4.69) is 11.2 Å². The number of carboxylic acids is 2. The highest BCUT2D eigenvalue weighted by atomic mass is 31.2. The van der Waals surface area contributed by atoms with Gasteiger partial charge in [0.15, 0.2) is 0 Å². The van der Waals surface area contributed by atoms with Crippen LogP contribution in [0.3, 0.4) is 0 Å². The molecule has 0 aromatic heterocycles. The van der Waals surface area contributed by atoms with E-state index in [9.17, 15) is 19.0 Å². The monoisotopic (exact) mass is 393 g/mol. The molecule has 27 heavy (non-hydrogen) atoms. The van der Waals surface area contributed by atoms with E-state index in [0.717, 1.165) is 22.8 Å². The summed E-state index contributed by atoms with van der Waals surface area (Å²) in [7, 11) is -3.85. The molecule has 0 bridgehead atoms. The van der Waals surface area contributed by atoms with Crippen LogP contribution in [0.15, 0.2) is 42.5 Å². The third-order valence-electron chi connectivity index (χ3n) is 4.29. The number of carboxylic acid groups (broad SMARTS) is 2. The third-order valence-corrected chi connectivity index (χ3v) is 5.93. The zero-order chi connectivity index (χ0) is 19.9. The second-order valence-electron chi connectivity index (χ2n) is 6.52. The molecule has 0 fully saturated rings. The van der Waals surface area contributed by atoms with Gasteiger partial charge in [-0.2, -0.15) is 0 Å². The molecule has 0 spiro atoms. The number of nitrogens with one attached hydrogen (secondary N) is 1. The molecule has 7 nitrogen and oxygen atoms in total. The van der Waals surface area contributed by atoms with E-state index >= 15 is 0 Å². The van der Waals surface area contributed by atoms with E-state index in [1.807, 2.05) is 36.4 Å². The van der Waals surface area contributed by atoms with Gasteiger partial charge in [-0.15, -0.1) is 0 Å². The van der Waals surface area contributed by atoms with Gasteiger partial charge in [0, 0.05) is 12.6 Å². The fraction of sp³-hybridized carbons (Fsp3) is 0.368.